The third-order valence-corrected chi connectivity index (χ3v) is 10.3. The molecule has 0 amide bonds. The fourth-order valence-corrected chi connectivity index (χ4v) is 6.47. The summed E-state index contributed by atoms with van der Waals surface area (Å²) < 4.78 is 16.7. The number of rotatable bonds is 44. The minimum absolute atomic E-state index is 0.120. The number of carbonyl (C=O) groups is 3. The van der Waals surface area contributed by atoms with Gasteiger partial charge in [-0.15, -0.1) is 0 Å². The minimum atomic E-state index is -0.824. The maximum atomic E-state index is 12.8. The zero-order chi connectivity index (χ0) is 47.2. The maximum absolute atomic E-state index is 12.8. The van der Waals surface area contributed by atoms with Gasteiger partial charge in [0.05, 0.1) is 0 Å². The van der Waals surface area contributed by atoms with Crippen LogP contribution in [-0.4, -0.2) is 37.2 Å². The SMILES string of the molecule is CC\C=C/C=C\C=C/C=C\CCCCCC(=O)OCC(COC(=O)CCCCCCC\C=C/C=C\C=C/C=C\C=C/CCC)OC(=O)CCCCC/C=C\C=C/CCCCCCCCC. The lowest BCUT2D eigenvalue weighted by atomic mass is 10.1. The van der Waals surface area contributed by atoms with Crippen LogP contribution in [0.15, 0.2) is 134 Å². The number of ether oxygens (including phenoxy) is 3. The number of esters is 3. The van der Waals surface area contributed by atoms with Gasteiger partial charge in [0.1, 0.15) is 13.2 Å². The lowest BCUT2D eigenvalue weighted by Gasteiger charge is -2.18. The zero-order valence-corrected chi connectivity index (χ0v) is 41.4. The molecular weight excluding hydrogens is 805 g/mol. The van der Waals surface area contributed by atoms with Gasteiger partial charge in [-0.2, -0.15) is 0 Å². The first-order valence-corrected chi connectivity index (χ1v) is 25.8. The van der Waals surface area contributed by atoms with Gasteiger partial charge < -0.3 is 14.2 Å². The first-order valence-electron chi connectivity index (χ1n) is 25.8. The van der Waals surface area contributed by atoms with Crippen molar-refractivity contribution >= 4 is 17.9 Å². The Balaban J connectivity index is 4.57. The highest BCUT2D eigenvalue weighted by molar-refractivity contribution is 5.71. The first-order chi connectivity index (χ1) is 32.0. The number of hydrogen-bond acceptors (Lipinski definition) is 6. The van der Waals surface area contributed by atoms with Gasteiger partial charge in [0.15, 0.2) is 6.10 Å². The molecular formula is C59H92O6. The van der Waals surface area contributed by atoms with Crippen molar-refractivity contribution in [1.29, 1.82) is 0 Å². The highest BCUT2D eigenvalue weighted by Gasteiger charge is 2.19. The van der Waals surface area contributed by atoms with Gasteiger partial charge in [0.2, 0.25) is 0 Å². The zero-order valence-electron chi connectivity index (χ0n) is 41.4. The summed E-state index contributed by atoms with van der Waals surface area (Å²) in [5, 5.41) is 0. The van der Waals surface area contributed by atoms with Crippen molar-refractivity contribution in [2.75, 3.05) is 13.2 Å². The highest BCUT2D eigenvalue weighted by atomic mass is 16.6. The summed E-state index contributed by atoms with van der Waals surface area (Å²) in [7, 11) is 0. The van der Waals surface area contributed by atoms with Crippen LogP contribution in [0.5, 0.6) is 0 Å². The molecule has 0 radical (unpaired) electrons. The average Bonchev–Trinajstić information content (AvgIpc) is 3.30. The number of hydrogen-bond donors (Lipinski definition) is 0. The monoisotopic (exact) mass is 897 g/mol. The van der Waals surface area contributed by atoms with Gasteiger partial charge in [-0.25, -0.2) is 0 Å². The van der Waals surface area contributed by atoms with Crippen molar-refractivity contribution in [2.45, 2.75) is 207 Å². The molecule has 0 saturated heterocycles. The van der Waals surface area contributed by atoms with Crippen molar-refractivity contribution in [2.24, 2.45) is 0 Å². The summed E-state index contributed by atoms with van der Waals surface area (Å²) in [6.45, 7) is 6.30. The summed E-state index contributed by atoms with van der Waals surface area (Å²) in [6.07, 6.45) is 72.9. The lowest BCUT2D eigenvalue weighted by molar-refractivity contribution is -0.167. The third-order valence-electron chi connectivity index (χ3n) is 10.3. The second kappa shape index (κ2) is 52.2. The summed E-state index contributed by atoms with van der Waals surface area (Å²) in [6, 6.07) is 0. The van der Waals surface area contributed by atoms with Crippen LogP contribution in [0.3, 0.4) is 0 Å². The standard InChI is InChI=1S/C59H92O6/c1-4-7-10-13-16-19-22-25-27-29-30-32-34-37-40-43-46-49-52-58(61)64-55-56(54-63-57(60)51-48-45-42-39-36-33-24-21-18-15-12-9-6-3)65-59(62)53-50-47-44-41-38-35-31-28-26-23-20-17-14-11-8-5-2/h9-10,12-13,15-16,18-19,21-22,24-25,27-33,35-36,38,56H,4-8,11,14,17,20,23,26,34,37,39-55H2,1-3H3/b12-9-,13-10-,18-15-,19-16-,24-21-,25-22-,29-27-,31-28-,32-30-,36-33-,38-35-. The van der Waals surface area contributed by atoms with Gasteiger partial charge >= 0.3 is 17.9 Å². The Morgan fingerprint density at radius 3 is 1.03 bits per heavy atom. The van der Waals surface area contributed by atoms with Crippen LogP contribution in [-0.2, 0) is 28.6 Å². The van der Waals surface area contributed by atoms with E-state index in [1.54, 1.807) is 0 Å². The van der Waals surface area contributed by atoms with Gasteiger partial charge in [-0.05, 0) is 83.5 Å². The third kappa shape index (κ3) is 50.4. The van der Waals surface area contributed by atoms with Crippen molar-refractivity contribution in [3.63, 3.8) is 0 Å². The molecule has 0 spiro atoms. The Hall–Kier alpha value is -4.45. The summed E-state index contributed by atoms with van der Waals surface area (Å²) in [5.41, 5.74) is 0. The van der Waals surface area contributed by atoms with Crippen molar-refractivity contribution in [3.8, 4) is 0 Å². The van der Waals surface area contributed by atoms with Gasteiger partial charge in [-0.3, -0.25) is 14.4 Å². The van der Waals surface area contributed by atoms with E-state index in [0.29, 0.717) is 19.3 Å². The number of unbranched alkanes of at least 4 members (excludes halogenated alkanes) is 19. The van der Waals surface area contributed by atoms with E-state index in [2.05, 4.69) is 81.5 Å². The summed E-state index contributed by atoms with van der Waals surface area (Å²) >= 11 is 0. The van der Waals surface area contributed by atoms with Crippen LogP contribution in [0.25, 0.3) is 0 Å². The van der Waals surface area contributed by atoms with E-state index in [1.165, 1.54) is 51.4 Å². The van der Waals surface area contributed by atoms with Gasteiger partial charge in [0.25, 0.3) is 0 Å². The minimum Gasteiger partial charge on any atom is -0.462 e. The van der Waals surface area contributed by atoms with Crippen LogP contribution in [0, 0.1) is 0 Å². The van der Waals surface area contributed by atoms with E-state index in [9.17, 15) is 14.4 Å². The van der Waals surface area contributed by atoms with E-state index >= 15 is 0 Å². The van der Waals surface area contributed by atoms with E-state index in [1.807, 2.05) is 72.9 Å². The van der Waals surface area contributed by atoms with Crippen molar-refractivity contribution in [3.05, 3.63) is 134 Å². The molecule has 0 aliphatic heterocycles. The molecule has 0 aromatic heterocycles. The van der Waals surface area contributed by atoms with E-state index in [0.717, 1.165) is 103 Å². The summed E-state index contributed by atoms with van der Waals surface area (Å²) in [5.74, 6) is -1.02. The number of carbonyl (C=O) groups excluding carboxylic acids is 3. The van der Waals surface area contributed by atoms with E-state index < -0.39 is 6.10 Å². The molecule has 6 heteroatoms. The van der Waals surface area contributed by atoms with E-state index in [4.69, 9.17) is 14.2 Å². The molecule has 6 nitrogen and oxygen atoms in total. The molecule has 0 saturated carbocycles. The van der Waals surface area contributed by atoms with Gasteiger partial charge in [0, 0.05) is 19.3 Å². The Morgan fingerprint density at radius 2 is 0.631 bits per heavy atom. The molecule has 0 fully saturated rings. The van der Waals surface area contributed by atoms with Crippen molar-refractivity contribution in [1.82, 2.24) is 0 Å². The Bertz CT molecular complexity index is 1450. The average molecular weight is 897 g/mol. The second-order valence-electron chi connectivity index (χ2n) is 16.6. The quantitative estimate of drug-likeness (QED) is 0.0262. The molecule has 1 atom stereocenters. The molecule has 0 aliphatic rings. The summed E-state index contributed by atoms with van der Waals surface area (Å²) in [4.78, 5) is 38.0. The van der Waals surface area contributed by atoms with E-state index in [-0.39, 0.29) is 37.5 Å². The molecule has 0 aliphatic carbocycles. The van der Waals surface area contributed by atoms with Crippen LogP contribution < -0.4 is 0 Å². The molecule has 0 N–H and O–H groups in total. The molecule has 364 valence electrons. The number of allylic oxidation sites excluding steroid dienone is 22. The van der Waals surface area contributed by atoms with Crippen molar-refractivity contribution < 1.29 is 28.6 Å². The van der Waals surface area contributed by atoms with Crippen LogP contribution in [0.2, 0.25) is 0 Å². The first kappa shape index (κ1) is 60.5. The topological polar surface area (TPSA) is 78.9 Å². The predicted molar refractivity (Wildman–Crippen MR) is 279 cm³/mol. The fraction of sp³-hybridized carbons (Fsp3) is 0.576. The Kier molecular flexibility index (Phi) is 48.6. The molecule has 0 aromatic rings. The normalized spacial score (nSPS) is 13.2. The maximum Gasteiger partial charge on any atom is 0.306 e. The largest absolute Gasteiger partial charge is 0.462 e. The van der Waals surface area contributed by atoms with Crippen LogP contribution >= 0.6 is 0 Å². The molecule has 65 heavy (non-hydrogen) atoms. The highest BCUT2D eigenvalue weighted by Crippen LogP contribution is 2.12. The Morgan fingerprint density at radius 1 is 0.323 bits per heavy atom. The smallest absolute Gasteiger partial charge is 0.306 e. The lowest BCUT2D eigenvalue weighted by Crippen LogP contribution is -2.30. The second-order valence-corrected chi connectivity index (χ2v) is 16.6. The Labute approximate surface area is 398 Å². The van der Waals surface area contributed by atoms with Crippen LogP contribution in [0.4, 0.5) is 0 Å². The fourth-order valence-electron chi connectivity index (χ4n) is 6.47. The predicted octanol–water partition coefficient (Wildman–Crippen LogP) is 17.1. The van der Waals surface area contributed by atoms with Gasteiger partial charge in [-0.1, -0.05) is 231 Å². The molecule has 0 bridgehead atoms. The molecule has 0 rings (SSSR count). The molecule has 0 heterocycles. The van der Waals surface area contributed by atoms with Crippen LogP contribution in [0.1, 0.15) is 201 Å². The molecule has 0 aromatic carbocycles. The molecule has 1 unspecified atom stereocenters.